The molecule has 0 aliphatic heterocycles. The topological polar surface area (TPSA) is 83.1 Å². The smallest absolute Gasteiger partial charge is 0.267 e. The van der Waals surface area contributed by atoms with Gasteiger partial charge in [-0.3, -0.25) is 9.59 Å². The molecule has 7 heteroatoms. The quantitative estimate of drug-likeness (QED) is 0.722. The van der Waals surface area contributed by atoms with Gasteiger partial charge in [-0.1, -0.05) is 17.4 Å². The van der Waals surface area contributed by atoms with Crippen molar-refractivity contribution in [3.8, 4) is 0 Å². The summed E-state index contributed by atoms with van der Waals surface area (Å²) in [4.78, 5) is 29.9. The van der Waals surface area contributed by atoms with E-state index in [0.29, 0.717) is 27.9 Å². The van der Waals surface area contributed by atoms with Crippen LogP contribution in [0.15, 0.2) is 18.2 Å². The van der Waals surface area contributed by atoms with Crippen LogP contribution in [-0.2, 0) is 0 Å². The fourth-order valence-corrected chi connectivity index (χ4v) is 3.50. The van der Waals surface area contributed by atoms with Gasteiger partial charge < -0.3 is 16.0 Å². The van der Waals surface area contributed by atoms with Crippen LogP contribution in [0.25, 0.3) is 0 Å². The molecule has 3 rings (SSSR count). The average Bonchev–Trinajstić information content (AvgIpc) is 3.30. The van der Waals surface area contributed by atoms with Gasteiger partial charge >= 0.3 is 0 Å². The van der Waals surface area contributed by atoms with Crippen LogP contribution in [0.3, 0.4) is 0 Å². The number of nitrogens with zero attached hydrogens (tertiary/aromatic N) is 1. The third-order valence-electron chi connectivity index (χ3n) is 4.08. The Hall–Kier alpha value is -2.41. The number of carbonyl (C=O) groups excluding carboxylic acids is 2. The lowest BCUT2D eigenvalue weighted by molar-refractivity contribution is 0.0949. The third kappa shape index (κ3) is 4.40. The lowest BCUT2D eigenvalue weighted by Gasteiger charge is -2.10. The number of thiazole rings is 1. The predicted octanol–water partition coefficient (Wildman–Crippen LogP) is 3.72. The Bertz CT molecular complexity index is 840. The highest BCUT2D eigenvalue weighted by molar-refractivity contribution is 7.17. The van der Waals surface area contributed by atoms with Gasteiger partial charge in [0.05, 0.1) is 5.69 Å². The summed E-state index contributed by atoms with van der Waals surface area (Å²) in [5.41, 5.74) is 2.80. The summed E-state index contributed by atoms with van der Waals surface area (Å²) in [6, 6.07) is 5.91. The van der Waals surface area contributed by atoms with Gasteiger partial charge in [-0.05, 0) is 58.2 Å². The molecule has 26 heavy (non-hydrogen) atoms. The van der Waals surface area contributed by atoms with Gasteiger partial charge in [-0.25, -0.2) is 4.98 Å². The molecule has 0 spiro atoms. The monoisotopic (exact) mass is 372 g/mol. The normalized spacial score (nSPS) is 13.6. The van der Waals surface area contributed by atoms with Gasteiger partial charge in [-0.2, -0.15) is 0 Å². The van der Waals surface area contributed by atoms with Gasteiger partial charge in [0.1, 0.15) is 4.88 Å². The second-order valence-electron chi connectivity index (χ2n) is 6.96. The van der Waals surface area contributed by atoms with Gasteiger partial charge in [0.25, 0.3) is 11.8 Å². The van der Waals surface area contributed by atoms with Crippen LogP contribution in [0.2, 0.25) is 0 Å². The highest BCUT2D eigenvalue weighted by Gasteiger charge is 2.24. The first-order valence-corrected chi connectivity index (χ1v) is 9.62. The van der Waals surface area contributed by atoms with Crippen molar-refractivity contribution in [2.24, 2.45) is 0 Å². The van der Waals surface area contributed by atoms with Crippen molar-refractivity contribution in [3.05, 3.63) is 39.9 Å². The van der Waals surface area contributed by atoms with E-state index in [1.54, 1.807) is 12.1 Å². The Morgan fingerprint density at radius 3 is 2.58 bits per heavy atom. The molecule has 2 amide bonds. The number of aromatic nitrogens is 1. The van der Waals surface area contributed by atoms with E-state index >= 15 is 0 Å². The fourth-order valence-electron chi connectivity index (χ4n) is 2.49. The van der Waals surface area contributed by atoms with Crippen LogP contribution in [-0.4, -0.2) is 28.9 Å². The number of benzene rings is 1. The molecule has 138 valence electrons. The lowest BCUT2D eigenvalue weighted by Crippen LogP contribution is -2.25. The van der Waals surface area contributed by atoms with Crippen LogP contribution in [0, 0.1) is 13.8 Å². The minimum atomic E-state index is -0.209. The molecule has 0 atom stereocenters. The molecule has 1 aliphatic carbocycles. The van der Waals surface area contributed by atoms with Crippen LogP contribution in [0.1, 0.15) is 58.0 Å². The number of nitrogens with one attached hydrogen (secondary N) is 3. The average molecular weight is 372 g/mol. The number of aryl methyl sites for hydroxylation is 2. The predicted molar refractivity (Wildman–Crippen MR) is 105 cm³/mol. The van der Waals surface area contributed by atoms with E-state index in [1.165, 1.54) is 11.3 Å². The maximum Gasteiger partial charge on any atom is 0.267 e. The standard InChI is InChI=1S/C19H24N4O2S/c1-10(2)20-19-21-12(4)16(26-19)18(25)23-15-9-13(6-5-11(15)3)17(24)22-14-7-8-14/h5-6,9-10,14H,7-8H2,1-4H3,(H,20,21)(H,22,24)(H,23,25). The summed E-state index contributed by atoms with van der Waals surface area (Å²) >= 11 is 1.33. The van der Waals surface area contributed by atoms with Gasteiger partial charge in [0.15, 0.2) is 5.13 Å². The maximum absolute atomic E-state index is 12.7. The van der Waals surface area contributed by atoms with E-state index in [9.17, 15) is 9.59 Å². The second kappa shape index (κ2) is 7.45. The number of amides is 2. The lowest BCUT2D eigenvalue weighted by atomic mass is 10.1. The fraction of sp³-hybridized carbons (Fsp3) is 0.421. The van der Waals surface area contributed by atoms with E-state index in [1.807, 2.05) is 33.8 Å². The van der Waals surface area contributed by atoms with Crippen LogP contribution < -0.4 is 16.0 Å². The Balaban J connectivity index is 1.76. The van der Waals surface area contributed by atoms with Crippen molar-refractivity contribution in [2.45, 2.75) is 52.6 Å². The zero-order valence-electron chi connectivity index (χ0n) is 15.5. The number of rotatable bonds is 6. The number of hydrogen-bond acceptors (Lipinski definition) is 5. The molecule has 0 radical (unpaired) electrons. The molecule has 6 nitrogen and oxygen atoms in total. The highest BCUT2D eigenvalue weighted by atomic mass is 32.1. The summed E-state index contributed by atoms with van der Waals surface area (Å²) in [7, 11) is 0. The Labute approximate surface area is 157 Å². The molecule has 2 aromatic rings. The van der Waals surface area contributed by atoms with Gasteiger partial charge in [0.2, 0.25) is 0 Å². The summed E-state index contributed by atoms with van der Waals surface area (Å²) in [6.07, 6.45) is 2.08. The Kier molecular flexibility index (Phi) is 5.27. The molecular formula is C19H24N4O2S. The van der Waals surface area contributed by atoms with E-state index in [0.717, 1.165) is 23.5 Å². The number of hydrogen-bond donors (Lipinski definition) is 3. The minimum absolute atomic E-state index is 0.0969. The summed E-state index contributed by atoms with van der Waals surface area (Å²) < 4.78 is 0. The zero-order chi connectivity index (χ0) is 18.8. The van der Waals surface area contributed by atoms with Crippen LogP contribution >= 0.6 is 11.3 Å². The first-order valence-electron chi connectivity index (χ1n) is 8.80. The van der Waals surface area contributed by atoms with Crippen molar-refractivity contribution in [1.82, 2.24) is 10.3 Å². The maximum atomic E-state index is 12.7. The third-order valence-corrected chi connectivity index (χ3v) is 5.16. The molecule has 1 heterocycles. The molecule has 0 saturated heterocycles. The molecule has 1 aromatic heterocycles. The van der Waals surface area contributed by atoms with Crippen LogP contribution in [0.4, 0.5) is 10.8 Å². The Morgan fingerprint density at radius 1 is 1.19 bits per heavy atom. The van der Waals surface area contributed by atoms with Crippen molar-refractivity contribution < 1.29 is 9.59 Å². The first kappa shape index (κ1) is 18.4. The number of anilines is 2. The van der Waals surface area contributed by atoms with Gasteiger partial charge in [-0.15, -0.1) is 0 Å². The van der Waals surface area contributed by atoms with Crippen molar-refractivity contribution in [1.29, 1.82) is 0 Å². The molecule has 1 aliphatic rings. The second-order valence-corrected chi connectivity index (χ2v) is 7.96. The summed E-state index contributed by atoms with van der Waals surface area (Å²) in [6.45, 7) is 7.78. The molecule has 0 unspecified atom stereocenters. The summed E-state index contributed by atoms with van der Waals surface area (Å²) in [5.74, 6) is -0.306. The minimum Gasteiger partial charge on any atom is -0.359 e. The molecule has 1 fully saturated rings. The van der Waals surface area contributed by atoms with E-state index < -0.39 is 0 Å². The SMILES string of the molecule is Cc1ccc(C(=O)NC2CC2)cc1NC(=O)c1sc(NC(C)C)nc1C. The van der Waals surface area contributed by atoms with E-state index in [4.69, 9.17) is 0 Å². The van der Waals surface area contributed by atoms with Crippen molar-refractivity contribution in [3.63, 3.8) is 0 Å². The van der Waals surface area contributed by atoms with E-state index in [-0.39, 0.29) is 17.9 Å². The van der Waals surface area contributed by atoms with Crippen molar-refractivity contribution in [2.75, 3.05) is 10.6 Å². The Morgan fingerprint density at radius 2 is 1.92 bits per heavy atom. The first-order chi connectivity index (χ1) is 12.3. The molecular weight excluding hydrogens is 348 g/mol. The summed E-state index contributed by atoms with van der Waals surface area (Å²) in [5, 5.41) is 9.84. The molecule has 1 saturated carbocycles. The van der Waals surface area contributed by atoms with Crippen molar-refractivity contribution >= 4 is 34.0 Å². The largest absolute Gasteiger partial charge is 0.359 e. The molecule has 3 N–H and O–H groups in total. The molecule has 1 aromatic carbocycles. The van der Waals surface area contributed by atoms with Gasteiger partial charge in [0, 0.05) is 23.3 Å². The molecule has 0 bridgehead atoms. The zero-order valence-corrected chi connectivity index (χ0v) is 16.3. The van der Waals surface area contributed by atoms with Crippen LogP contribution in [0.5, 0.6) is 0 Å². The van der Waals surface area contributed by atoms with E-state index in [2.05, 4.69) is 20.9 Å². The highest BCUT2D eigenvalue weighted by Crippen LogP contribution is 2.26. The number of carbonyl (C=O) groups is 2.